The van der Waals surface area contributed by atoms with Crippen molar-refractivity contribution in [3.05, 3.63) is 83.8 Å². The van der Waals surface area contributed by atoms with Crippen molar-refractivity contribution in [3.63, 3.8) is 0 Å². The van der Waals surface area contributed by atoms with Gasteiger partial charge in [0.25, 0.3) is 0 Å². The first-order valence-electron chi connectivity index (χ1n) is 9.77. The van der Waals surface area contributed by atoms with Crippen LogP contribution in [0.5, 0.6) is 0 Å². The summed E-state index contributed by atoms with van der Waals surface area (Å²) in [5.41, 5.74) is 4.01. The van der Waals surface area contributed by atoms with E-state index in [2.05, 4.69) is 58.9 Å². The van der Waals surface area contributed by atoms with E-state index in [9.17, 15) is 4.79 Å². The number of para-hydroxylation sites is 1. The van der Waals surface area contributed by atoms with Crippen LogP contribution in [0.2, 0.25) is 0 Å². The van der Waals surface area contributed by atoms with Crippen LogP contribution in [0, 0.1) is 0 Å². The summed E-state index contributed by atoms with van der Waals surface area (Å²) < 4.78 is 1.85. The van der Waals surface area contributed by atoms with Gasteiger partial charge in [-0.25, -0.2) is 0 Å². The van der Waals surface area contributed by atoms with Crippen molar-refractivity contribution >= 4 is 16.8 Å². The van der Waals surface area contributed by atoms with Crippen molar-refractivity contribution in [1.82, 2.24) is 25.3 Å². The van der Waals surface area contributed by atoms with Gasteiger partial charge < -0.3 is 10.3 Å². The number of nitrogens with zero attached hydrogens (tertiary/aromatic N) is 3. The molecule has 4 aromatic rings. The SMILES string of the molecule is CC(C)(Cn1cc(CNC(=O)Cc2ccccc2)nn1)c1c[nH]c2ccccc12. The molecule has 0 aliphatic heterocycles. The van der Waals surface area contributed by atoms with Gasteiger partial charge >= 0.3 is 0 Å². The molecule has 2 aromatic heterocycles. The van der Waals surface area contributed by atoms with Gasteiger partial charge in [-0.15, -0.1) is 5.10 Å². The topological polar surface area (TPSA) is 75.6 Å². The highest BCUT2D eigenvalue weighted by atomic mass is 16.1. The third kappa shape index (κ3) is 4.37. The quantitative estimate of drug-likeness (QED) is 0.509. The monoisotopic (exact) mass is 387 g/mol. The summed E-state index contributed by atoms with van der Waals surface area (Å²) in [5.74, 6) is -0.0233. The standard InChI is InChI=1S/C23H25N5O/c1-23(2,20-14-24-21-11-7-6-10-19(20)21)16-28-15-18(26-27-28)13-25-22(29)12-17-8-4-3-5-9-17/h3-11,14-15,24H,12-13,16H2,1-2H3,(H,25,29). The van der Waals surface area contributed by atoms with Crippen molar-refractivity contribution < 1.29 is 4.79 Å². The van der Waals surface area contributed by atoms with Gasteiger partial charge in [-0.2, -0.15) is 0 Å². The molecule has 2 heterocycles. The lowest BCUT2D eigenvalue weighted by Gasteiger charge is -2.24. The van der Waals surface area contributed by atoms with Crippen LogP contribution in [0.15, 0.2) is 67.0 Å². The summed E-state index contributed by atoms with van der Waals surface area (Å²) in [6.07, 6.45) is 4.34. The number of aromatic nitrogens is 4. The van der Waals surface area contributed by atoms with E-state index in [-0.39, 0.29) is 11.3 Å². The van der Waals surface area contributed by atoms with E-state index >= 15 is 0 Å². The van der Waals surface area contributed by atoms with Gasteiger partial charge in [0, 0.05) is 22.5 Å². The van der Waals surface area contributed by atoms with E-state index in [1.54, 1.807) is 0 Å². The highest BCUT2D eigenvalue weighted by Gasteiger charge is 2.25. The van der Waals surface area contributed by atoms with E-state index in [0.29, 0.717) is 19.5 Å². The number of fused-ring (bicyclic) bond motifs is 1. The molecule has 2 N–H and O–H groups in total. The van der Waals surface area contributed by atoms with Crippen molar-refractivity contribution in [1.29, 1.82) is 0 Å². The molecule has 0 saturated heterocycles. The molecule has 4 rings (SSSR count). The molecule has 0 aliphatic carbocycles. The number of hydrogen-bond donors (Lipinski definition) is 2. The molecule has 0 bridgehead atoms. The lowest BCUT2D eigenvalue weighted by Crippen LogP contribution is -2.25. The van der Waals surface area contributed by atoms with Crippen LogP contribution in [-0.2, 0) is 29.7 Å². The molecule has 29 heavy (non-hydrogen) atoms. The minimum absolute atomic E-state index is 0.0233. The molecule has 148 valence electrons. The first-order chi connectivity index (χ1) is 14.0. The van der Waals surface area contributed by atoms with Crippen molar-refractivity contribution in [2.24, 2.45) is 0 Å². The van der Waals surface area contributed by atoms with Crippen LogP contribution in [0.25, 0.3) is 10.9 Å². The highest BCUT2D eigenvalue weighted by Crippen LogP contribution is 2.31. The Labute approximate surface area is 169 Å². The zero-order chi connectivity index (χ0) is 20.3. The zero-order valence-electron chi connectivity index (χ0n) is 16.7. The molecule has 0 saturated carbocycles. The second-order valence-electron chi connectivity index (χ2n) is 7.98. The zero-order valence-corrected chi connectivity index (χ0v) is 16.7. The van der Waals surface area contributed by atoms with Gasteiger partial charge in [-0.1, -0.05) is 67.6 Å². The van der Waals surface area contributed by atoms with Crippen LogP contribution >= 0.6 is 0 Å². The Bertz CT molecular complexity index is 1110. The third-order valence-corrected chi connectivity index (χ3v) is 5.14. The molecular weight excluding hydrogens is 362 g/mol. The first kappa shape index (κ1) is 18.9. The first-order valence-corrected chi connectivity index (χ1v) is 9.77. The number of H-pyrrole nitrogens is 1. The maximum atomic E-state index is 12.1. The highest BCUT2D eigenvalue weighted by molar-refractivity contribution is 5.84. The second-order valence-corrected chi connectivity index (χ2v) is 7.98. The van der Waals surface area contributed by atoms with E-state index in [4.69, 9.17) is 0 Å². The van der Waals surface area contributed by atoms with E-state index < -0.39 is 0 Å². The fourth-order valence-electron chi connectivity index (χ4n) is 3.65. The van der Waals surface area contributed by atoms with E-state index in [1.165, 1.54) is 10.9 Å². The van der Waals surface area contributed by atoms with Crippen LogP contribution < -0.4 is 5.32 Å². The summed E-state index contributed by atoms with van der Waals surface area (Å²) in [5, 5.41) is 12.6. The normalized spacial score (nSPS) is 11.7. The molecular formula is C23H25N5O. The van der Waals surface area contributed by atoms with Gasteiger partial charge in [0.15, 0.2) is 0 Å². The lowest BCUT2D eigenvalue weighted by molar-refractivity contribution is -0.120. The number of amides is 1. The summed E-state index contributed by atoms with van der Waals surface area (Å²) in [7, 11) is 0. The van der Waals surface area contributed by atoms with Crippen molar-refractivity contribution in [2.75, 3.05) is 0 Å². The Morgan fingerprint density at radius 3 is 2.69 bits per heavy atom. The molecule has 0 atom stereocenters. The fourth-order valence-corrected chi connectivity index (χ4v) is 3.65. The number of rotatable bonds is 7. The Balaban J connectivity index is 1.38. The molecule has 0 unspecified atom stereocenters. The molecule has 2 aromatic carbocycles. The molecule has 0 spiro atoms. The third-order valence-electron chi connectivity index (χ3n) is 5.14. The number of aromatic amines is 1. The van der Waals surface area contributed by atoms with Crippen LogP contribution in [-0.4, -0.2) is 25.9 Å². The summed E-state index contributed by atoms with van der Waals surface area (Å²) in [4.78, 5) is 15.5. The molecule has 0 radical (unpaired) electrons. The average molecular weight is 387 g/mol. The van der Waals surface area contributed by atoms with E-state index in [1.807, 2.05) is 47.3 Å². The molecule has 1 amide bonds. The number of nitrogens with one attached hydrogen (secondary N) is 2. The number of hydrogen-bond acceptors (Lipinski definition) is 3. The smallest absolute Gasteiger partial charge is 0.224 e. The van der Waals surface area contributed by atoms with Crippen molar-refractivity contribution in [3.8, 4) is 0 Å². The van der Waals surface area contributed by atoms with Gasteiger partial charge in [-0.3, -0.25) is 9.48 Å². The maximum Gasteiger partial charge on any atom is 0.224 e. The minimum atomic E-state index is -0.124. The Morgan fingerprint density at radius 2 is 1.86 bits per heavy atom. The lowest BCUT2D eigenvalue weighted by atomic mass is 9.84. The Kier molecular flexibility index (Phi) is 5.16. The summed E-state index contributed by atoms with van der Waals surface area (Å²) in [6.45, 7) is 5.47. The predicted octanol–water partition coefficient (Wildman–Crippen LogP) is 3.60. The van der Waals surface area contributed by atoms with E-state index in [0.717, 1.165) is 16.8 Å². The Hall–Kier alpha value is -3.41. The predicted molar refractivity (Wildman–Crippen MR) is 113 cm³/mol. The molecule has 0 aliphatic rings. The summed E-state index contributed by atoms with van der Waals surface area (Å²) >= 11 is 0. The summed E-state index contributed by atoms with van der Waals surface area (Å²) in [6, 6.07) is 18.0. The van der Waals surface area contributed by atoms with Crippen LogP contribution in [0.1, 0.15) is 30.7 Å². The maximum absolute atomic E-state index is 12.1. The molecule has 6 heteroatoms. The average Bonchev–Trinajstić information content (AvgIpc) is 3.34. The fraction of sp³-hybridized carbons (Fsp3) is 0.261. The molecule has 0 fully saturated rings. The van der Waals surface area contributed by atoms with Gasteiger partial charge in [-0.05, 0) is 17.2 Å². The van der Waals surface area contributed by atoms with Crippen LogP contribution in [0.4, 0.5) is 0 Å². The minimum Gasteiger partial charge on any atom is -0.361 e. The molecule has 6 nitrogen and oxygen atoms in total. The van der Waals surface area contributed by atoms with Gasteiger partial charge in [0.1, 0.15) is 5.69 Å². The number of benzene rings is 2. The van der Waals surface area contributed by atoms with Crippen molar-refractivity contribution in [2.45, 2.75) is 38.8 Å². The van der Waals surface area contributed by atoms with Gasteiger partial charge in [0.2, 0.25) is 5.91 Å². The van der Waals surface area contributed by atoms with Gasteiger partial charge in [0.05, 0.1) is 25.7 Å². The number of carbonyl (C=O) groups excluding carboxylic acids is 1. The largest absolute Gasteiger partial charge is 0.361 e. The van der Waals surface area contributed by atoms with Crippen LogP contribution in [0.3, 0.4) is 0 Å². The Morgan fingerprint density at radius 1 is 1.10 bits per heavy atom. The number of carbonyl (C=O) groups is 1. The second kappa shape index (κ2) is 7.91.